The molecule has 4 rings (SSSR count). The quantitative estimate of drug-likeness (QED) is 0.628. The lowest BCUT2D eigenvalue weighted by atomic mass is 10.2. The van der Waals surface area contributed by atoms with Crippen molar-refractivity contribution in [2.24, 2.45) is 0 Å². The van der Waals surface area contributed by atoms with E-state index in [4.69, 9.17) is 4.42 Å². The molecule has 1 N–H and O–H groups in total. The summed E-state index contributed by atoms with van der Waals surface area (Å²) in [5.74, 6) is 1.66. The number of pyridine rings is 1. The molecule has 0 bridgehead atoms. The van der Waals surface area contributed by atoms with Gasteiger partial charge in [0.1, 0.15) is 11.3 Å². The first-order valence-electron chi connectivity index (χ1n) is 6.94. The number of phenols is 1. The molecule has 3 heterocycles. The highest BCUT2D eigenvalue weighted by Gasteiger charge is 2.15. The predicted octanol–water partition coefficient (Wildman–Crippen LogP) is 3.45. The van der Waals surface area contributed by atoms with E-state index in [1.54, 1.807) is 24.6 Å². The first-order valence-corrected chi connectivity index (χ1v) is 6.94. The van der Waals surface area contributed by atoms with Gasteiger partial charge in [0, 0.05) is 6.20 Å². The molecule has 108 valence electrons. The molecule has 1 aromatic carbocycles. The zero-order valence-corrected chi connectivity index (χ0v) is 11.7. The highest BCUT2D eigenvalue weighted by molar-refractivity contribution is 5.76. The molecular formula is C17H13N3O2. The Morgan fingerprint density at radius 2 is 2.05 bits per heavy atom. The van der Waals surface area contributed by atoms with Crippen LogP contribution in [0.2, 0.25) is 0 Å². The third-order valence-electron chi connectivity index (χ3n) is 3.50. The molecule has 0 atom stereocenters. The number of hydrogen-bond donors (Lipinski definition) is 1. The maximum absolute atomic E-state index is 9.65. The Morgan fingerprint density at radius 1 is 1.09 bits per heavy atom. The van der Waals surface area contributed by atoms with Crippen molar-refractivity contribution in [3.8, 4) is 17.3 Å². The van der Waals surface area contributed by atoms with E-state index in [9.17, 15) is 5.11 Å². The lowest BCUT2D eigenvalue weighted by Gasteiger charge is -2.07. The molecule has 22 heavy (non-hydrogen) atoms. The smallest absolute Gasteiger partial charge is 0.178 e. The Bertz CT molecular complexity index is 926. The molecule has 4 aromatic rings. The average molecular weight is 291 g/mol. The van der Waals surface area contributed by atoms with Gasteiger partial charge < -0.3 is 14.1 Å². The Kier molecular flexibility index (Phi) is 2.89. The van der Waals surface area contributed by atoms with Crippen molar-refractivity contribution < 1.29 is 9.52 Å². The van der Waals surface area contributed by atoms with Gasteiger partial charge in [-0.3, -0.25) is 0 Å². The fourth-order valence-corrected chi connectivity index (χ4v) is 2.54. The van der Waals surface area contributed by atoms with Crippen LogP contribution in [0.1, 0.15) is 5.56 Å². The van der Waals surface area contributed by atoms with Crippen LogP contribution in [0.3, 0.4) is 0 Å². The second-order valence-electron chi connectivity index (χ2n) is 5.01. The van der Waals surface area contributed by atoms with Crippen LogP contribution in [0, 0.1) is 0 Å². The van der Waals surface area contributed by atoms with Gasteiger partial charge in [0.15, 0.2) is 17.2 Å². The number of nitrogens with zero attached hydrogens (tertiary/aromatic N) is 3. The zero-order valence-electron chi connectivity index (χ0n) is 11.7. The number of hydrogen-bond acceptors (Lipinski definition) is 4. The molecule has 5 nitrogen and oxygen atoms in total. The standard InChI is InChI=1S/C17H13N3O2/c21-13-5-1-4-12(10-13)11-20-16-14(6-2-8-18-16)19-17(20)15-7-3-9-22-15/h1-10,21H,11H2. The van der Waals surface area contributed by atoms with Gasteiger partial charge >= 0.3 is 0 Å². The largest absolute Gasteiger partial charge is 0.508 e. The van der Waals surface area contributed by atoms with Gasteiger partial charge in [0.05, 0.1) is 12.8 Å². The molecule has 0 unspecified atom stereocenters. The van der Waals surface area contributed by atoms with Crippen LogP contribution in [0.4, 0.5) is 0 Å². The number of aromatic nitrogens is 3. The maximum Gasteiger partial charge on any atom is 0.178 e. The highest BCUT2D eigenvalue weighted by Crippen LogP contribution is 2.25. The van der Waals surface area contributed by atoms with E-state index in [1.165, 1.54) is 0 Å². The Hall–Kier alpha value is -3.08. The minimum Gasteiger partial charge on any atom is -0.508 e. The van der Waals surface area contributed by atoms with Gasteiger partial charge in [-0.15, -0.1) is 0 Å². The Labute approximate surface area is 126 Å². The topological polar surface area (TPSA) is 64.1 Å². The van der Waals surface area contributed by atoms with Crippen molar-refractivity contribution in [2.75, 3.05) is 0 Å². The monoisotopic (exact) mass is 291 g/mol. The summed E-state index contributed by atoms with van der Waals surface area (Å²) in [5.41, 5.74) is 2.57. The molecule has 0 saturated carbocycles. The minimum atomic E-state index is 0.245. The molecule has 0 saturated heterocycles. The lowest BCUT2D eigenvalue weighted by Crippen LogP contribution is -2.02. The van der Waals surface area contributed by atoms with E-state index in [2.05, 4.69) is 9.97 Å². The van der Waals surface area contributed by atoms with Crippen LogP contribution in [-0.2, 0) is 6.54 Å². The number of fused-ring (bicyclic) bond motifs is 1. The van der Waals surface area contributed by atoms with Crippen molar-refractivity contribution in [2.45, 2.75) is 6.54 Å². The van der Waals surface area contributed by atoms with Crippen LogP contribution in [0.15, 0.2) is 65.4 Å². The average Bonchev–Trinajstić information content (AvgIpc) is 3.15. The molecule has 5 heteroatoms. The van der Waals surface area contributed by atoms with E-state index in [0.717, 1.165) is 22.6 Å². The van der Waals surface area contributed by atoms with E-state index in [0.29, 0.717) is 12.3 Å². The lowest BCUT2D eigenvalue weighted by molar-refractivity contribution is 0.474. The number of imidazole rings is 1. The van der Waals surface area contributed by atoms with Gasteiger partial charge in [0.25, 0.3) is 0 Å². The molecule has 0 aliphatic carbocycles. The van der Waals surface area contributed by atoms with Crippen LogP contribution in [-0.4, -0.2) is 19.6 Å². The third kappa shape index (κ3) is 2.13. The highest BCUT2D eigenvalue weighted by atomic mass is 16.3. The normalized spacial score (nSPS) is 11.1. The van der Waals surface area contributed by atoms with Gasteiger partial charge in [-0.2, -0.15) is 0 Å². The van der Waals surface area contributed by atoms with Gasteiger partial charge in [-0.25, -0.2) is 9.97 Å². The van der Waals surface area contributed by atoms with Crippen LogP contribution in [0.25, 0.3) is 22.7 Å². The Morgan fingerprint density at radius 3 is 2.86 bits per heavy atom. The summed E-state index contributed by atoms with van der Waals surface area (Å²) < 4.78 is 7.48. The molecule has 0 spiro atoms. The van der Waals surface area contributed by atoms with Crippen LogP contribution >= 0.6 is 0 Å². The number of furan rings is 1. The van der Waals surface area contributed by atoms with E-state index >= 15 is 0 Å². The first kappa shape index (κ1) is 12.6. The zero-order chi connectivity index (χ0) is 14.9. The van der Waals surface area contributed by atoms with Gasteiger partial charge in [-0.05, 0) is 42.0 Å². The summed E-state index contributed by atoms with van der Waals surface area (Å²) in [6.07, 6.45) is 3.37. The first-order chi connectivity index (χ1) is 10.8. The van der Waals surface area contributed by atoms with Crippen molar-refractivity contribution in [1.29, 1.82) is 0 Å². The Balaban J connectivity index is 1.89. The summed E-state index contributed by atoms with van der Waals surface area (Å²) in [7, 11) is 0. The second kappa shape index (κ2) is 5.04. The fourth-order valence-electron chi connectivity index (χ4n) is 2.54. The van der Waals surface area contributed by atoms with E-state index in [-0.39, 0.29) is 5.75 Å². The number of phenolic OH excluding ortho intramolecular Hbond substituents is 1. The molecular weight excluding hydrogens is 278 g/mol. The van der Waals surface area contributed by atoms with E-state index in [1.807, 2.05) is 41.0 Å². The predicted molar refractivity (Wildman–Crippen MR) is 82.4 cm³/mol. The molecule has 0 radical (unpaired) electrons. The SMILES string of the molecule is Oc1cccc(Cn2c(-c3ccco3)nc3cccnc32)c1. The second-order valence-corrected chi connectivity index (χ2v) is 5.01. The summed E-state index contributed by atoms with van der Waals surface area (Å²) in [6, 6.07) is 14.7. The van der Waals surface area contributed by atoms with E-state index < -0.39 is 0 Å². The van der Waals surface area contributed by atoms with Crippen LogP contribution < -0.4 is 0 Å². The van der Waals surface area contributed by atoms with Crippen LogP contribution in [0.5, 0.6) is 5.75 Å². The summed E-state index contributed by atoms with van der Waals surface area (Å²) in [6.45, 7) is 0.554. The summed E-state index contributed by atoms with van der Waals surface area (Å²) in [4.78, 5) is 9.04. The number of rotatable bonds is 3. The van der Waals surface area contributed by atoms with Crippen molar-refractivity contribution in [3.63, 3.8) is 0 Å². The minimum absolute atomic E-state index is 0.245. The molecule has 0 amide bonds. The van der Waals surface area contributed by atoms with Gasteiger partial charge in [0.2, 0.25) is 0 Å². The maximum atomic E-state index is 9.65. The van der Waals surface area contributed by atoms with Gasteiger partial charge in [-0.1, -0.05) is 12.1 Å². The fraction of sp³-hybridized carbons (Fsp3) is 0.0588. The summed E-state index contributed by atoms with van der Waals surface area (Å²) >= 11 is 0. The summed E-state index contributed by atoms with van der Waals surface area (Å²) in [5, 5.41) is 9.65. The number of benzene rings is 1. The third-order valence-corrected chi connectivity index (χ3v) is 3.50. The molecule has 0 fully saturated rings. The van der Waals surface area contributed by atoms with Crippen molar-refractivity contribution in [1.82, 2.24) is 14.5 Å². The van der Waals surface area contributed by atoms with Crippen molar-refractivity contribution >= 4 is 11.2 Å². The number of aromatic hydroxyl groups is 1. The molecule has 0 aliphatic rings. The van der Waals surface area contributed by atoms with Crippen molar-refractivity contribution in [3.05, 3.63) is 66.6 Å². The molecule has 0 aliphatic heterocycles. The molecule has 3 aromatic heterocycles.